The minimum Gasteiger partial charge on any atom is -0.497 e. The summed E-state index contributed by atoms with van der Waals surface area (Å²) in [6, 6.07) is 7.86. The fraction of sp³-hybridized carbons (Fsp3) is 0.545. The number of hydrogen-bond donors (Lipinski definition) is 1. The van der Waals surface area contributed by atoms with Crippen molar-refractivity contribution in [2.24, 2.45) is 5.92 Å². The summed E-state index contributed by atoms with van der Waals surface area (Å²) in [5.41, 5.74) is 0.531. The van der Waals surface area contributed by atoms with Crippen LogP contribution in [0.15, 0.2) is 30.5 Å². The number of ether oxygens (including phenoxy) is 2. The average molecular weight is 402 g/mol. The van der Waals surface area contributed by atoms with Crippen LogP contribution in [-0.2, 0) is 16.1 Å². The number of carbonyl (C=O) groups is 2. The molecule has 0 radical (unpaired) electrons. The number of fused-ring (bicyclic) bond motifs is 1. The van der Waals surface area contributed by atoms with Crippen LogP contribution in [0.2, 0.25) is 0 Å². The van der Waals surface area contributed by atoms with Gasteiger partial charge in [-0.2, -0.15) is 0 Å². The first-order valence-electron chi connectivity index (χ1n) is 10.1. The van der Waals surface area contributed by atoms with E-state index in [2.05, 4.69) is 5.32 Å². The molecular weight excluding hydrogens is 370 g/mol. The maximum Gasteiger partial charge on any atom is 0.407 e. The van der Waals surface area contributed by atoms with Crippen LogP contribution in [0.1, 0.15) is 33.6 Å². The Balaban J connectivity index is 1.47. The molecule has 1 N–H and O–H groups in total. The van der Waals surface area contributed by atoms with Crippen molar-refractivity contribution in [2.45, 2.75) is 45.8 Å². The minimum absolute atomic E-state index is 0.122. The zero-order valence-corrected chi connectivity index (χ0v) is 17.7. The van der Waals surface area contributed by atoms with Crippen molar-refractivity contribution in [2.75, 3.05) is 26.7 Å². The fourth-order valence-corrected chi connectivity index (χ4v) is 3.62. The van der Waals surface area contributed by atoms with Crippen LogP contribution >= 0.6 is 0 Å². The number of likely N-dealkylation sites (tertiary alicyclic amines) is 1. The van der Waals surface area contributed by atoms with E-state index in [9.17, 15) is 9.59 Å². The molecule has 0 aliphatic carbocycles. The van der Waals surface area contributed by atoms with E-state index < -0.39 is 5.60 Å². The average Bonchev–Trinajstić information content (AvgIpc) is 3.07. The predicted octanol–water partition coefficient (Wildman–Crippen LogP) is 3.41. The molecule has 158 valence electrons. The molecule has 1 aliphatic heterocycles. The fourth-order valence-electron chi connectivity index (χ4n) is 3.62. The number of benzene rings is 1. The quantitative estimate of drug-likeness (QED) is 0.833. The first-order valence-corrected chi connectivity index (χ1v) is 10.1. The van der Waals surface area contributed by atoms with E-state index in [0.29, 0.717) is 32.1 Å². The highest BCUT2D eigenvalue weighted by Crippen LogP contribution is 2.23. The maximum atomic E-state index is 12.8. The Hall–Kier alpha value is -2.70. The monoisotopic (exact) mass is 401 g/mol. The molecular formula is C22H31N3O4. The summed E-state index contributed by atoms with van der Waals surface area (Å²) in [6.07, 6.45) is 3.32. The third-order valence-electron chi connectivity index (χ3n) is 5.18. The van der Waals surface area contributed by atoms with Crippen molar-refractivity contribution in [1.82, 2.24) is 14.8 Å². The van der Waals surface area contributed by atoms with Gasteiger partial charge >= 0.3 is 6.09 Å². The van der Waals surface area contributed by atoms with Gasteiger partial charge in [0, 0.05) is 36.7 Å². The Kier molecular flexibility index (Phi) is 6.35. The summed E-state index contributed by atoms with van der Waals surface area (Å²) in [7, 11) is 1.65. The third-order valence-corrected chi connectivity index (χ3v) is 5.18. The van der Waals surface area contributed by atoms with Gasteiger partial charge in [-0.1, -0.05) is 0 Å². The van der Waals surface area contributed by atoms with Crippen molar-refractivity contribution in [3.63, 3.8) is 0 Å². The van der Waals surface area contributed by atoms with Gasteiger partial charge in [0.05, 0.1) is 7.11 Å². The first kappa shape index (κ1) is 21.0. The first-order chi connectivity index (χ1) is 13.7. The molecule has 1 saturated heterocycles. The summed E-state index contributed by atoms with van der Waals surface area (Å²) in [4.78, 5) is 26.5. The van der Waals surface area contributed by atoms with Crippen molar-refractivity contribution >= 4 is 22.9 Å². The number of alkyl carbamates (subject to hydrolysis) is 1. The Labute approximate surface area is 171 Å². The lowest BCUT2D eigenvalue weighted by molar-refractivity contribution is -0.133. The smallest absolute Gasteiger partial charge is 0.407 e. The van der Waals surface area contributed by atoms with Crippen LogP contribution in [0.5, 0.6) is 5.75 Å². The van der Waals surface area contributed by atoms with Gasteiger partial charge in [-0.05, 0) is 63.8 Å². The highest BCUT2D eigenvalue weighted by Gasteiger charge is 2.24. The molecule has 7 heteroatoms. The standard InChI is InChI=1S/C22H31N3O4/c1-22(2,3)29-21(27)23-14-16-7-10-24(11-8-16)20(26)15-25-12-9-17-13-18(28-4)5-6-19(17)25/h5-6,9,12-13,16H,7-8,10-11,14-15H2,1-4H3,(H,23,27). The summed E-state index contributed by atoms with van der Waals surface area (Å²) >= 11 is 0. The van der Waals surface area contributed by atoms with Crippen LogP contribution < -0.4 is 10.1 Å². The molecule has 0 spiro atoms. The molecule has 0 unspecified atom stereocenters. The molecule has 29 heavy (non-hydrogen) atoms. The summed E-state index contributed by atoms with van der Waals surface area (Å²) in [5, 5.41) is 3.90. The number of amides is 2. The number of nitrogens with one attached hydrogen (secondary N) is 1. The number of nitrogens with zero attached hydrogens (tertiary/aromatic N) is 2. The normalized spacial score (nSPS) is 15.4. The number of rotatable bonds is 5. The van der Waals surface area contributed by atoms with Crippen molar-refractivity contribution in [3.05, 3.63) is 30.5 Å². The lowest BCUT2D eigenvalue weighted by Gasteiger charge is -2.32. The largest absolute Gasteiger partial charge is 0.497 e. The van der Waals surface area contributed by atoms with Crippen LogP contribution in [0.4, 0.5) is 4.79 Å². The SMILES string of the molecule is COc1ccc2c(ccn2CC(=O)N2CCC(CNC(=O)OC(C)(C)C)CC2)c1. The summed E-state index contributed by atoms with van der Waals surface area (Å²) in [6.45, 7) is 7.89. The van der Waals surface area contributed by atoms with Crippen molar-refractivity contribution < 1.29 is 19.1 Å². The molecule has 1 fully saturated rings. The molecule has 7 nitrogen and oxygen atoms in total. The Morgan fingerprint density at radius 2 is 1.90 bits per heavy atom. The van der Waals surface area contributed by atoms with E-state index in [-0.39, 0.29) is 12.0 Å². The molecule has 0 saturated carbocycles. The Morgan fingerprint density at radius 3 is 2.55 bits per heavy atom. The van der Waals surface area contributed by atoms with E-state index in [0.717, 1.165) is 29.5 Å². The zero-order chi connectivity index (χ0) is 21.0. The van der Waals surface area contributed by atoms with Crippen LogP contribution in [-0.4, -0.2) is 53.8 Å². The van der Waals surface area contributed by atoms with Gasteiger partial charge in [-0.3, -0.25) is 4.79 Å². The molecule has 1 aromatic heterocycles. The molecule has 2 heterocycles. The highest BCUT2D eigenvalue weighted by molar-refractivity contribution is 5.84. The van der Waals surface area contributed by atoms with E-state index in [1.165, 1.54) is 0 Å². The second-order valence-corrected chi connectivity index (χ2v) is 8.58. The lowest BCUT2D eigenvalue weighted by atomic mass is 9.97. The zero-order valence-electron chi connectivity index (χ0n) is 17.7. The Morgan fingerprint density at radius 1 is 1.17 bits per heavy atom. The molecule has 1 aliphatic rings. The van der Waals surface area contributed by atoms with Gasteiger partial charge in [0.25, 0.3) is 0 Å². The minimum atomic E-state index is -0.492. The van der Waals surface area contributed by atoms with E-state index in [1.807, 2.05) is 60.7 Å². The van der Waals surface area contributed by atoms with Gasteiger partial charge < -0.3 is 24.3 Å². The summed E-state index contributed by atoms with van der Waals surface area (Å²) in [5.74, 6) is 1.30. The Bertz CT molecular complexity index is 861. The third kappa shape index (κ3) is 5.65. The van der Waals surface area contributed by atoms with Gasteiger partial charge in [-0.15, -0.1) is 0 Å². The number of aromatic nitrogens is 1. The van der Waals surface area contributed by atoms with Crippen LogP contribution in [0.25, 0.3) is 10.9 Å². The molecule has 3 rings (SSSR count). The van der Waals surface area contributed by atoms with Gasteiger partial charge in [0.1, 0.15) is 17.9 Å². The topological polar surface area (TPSA) is 72.8 Å². The van der Waals surface area contributed by atoms with Crippen LogP contribution in [0, 0.1) is 5.92 Å². The summed E-state index contributed by atoms with van der Waals surface area (Å²) < 4.78 is 12.5. The molecule has 0 atom stereocenters. The van der Waals surface area contributed by atoms with Gasteiger partial charge in [-0.25, -0.2) is 4.79 Å². The number of methoxy groups -OCH3 is 1. The molecule has 0 bridgehead atoms. The maximum absolute atomic E-state index is 12.8. The molecule has 2 aromatic rings. The lowest BCUT2D eigenvalue weighted by Crippen LogP contribution is -2.43. The van der Waals surface area contributed by atoms with E-state index >= 15 is 0 Å². The van der Waals surface area contributed by atoms with Crippen molar-refractivity contribution in [3.8, 4) is 5.75 Å². The number of carbonyl (C=O) groups excluding carboxylic acids is 2. The van der Waals surface area contributed by atoms with Crippen molar-refractivity contribution in [1.29, 1.82) is 0 Å². The van der Waals surface area contributed by atoms with Gasteiger partial charge in [0.15, 0.2) is 0 Å². The van der Waals surface area contributed by atoms with Crippen LogP contribution in [0.3, 0.4) is 0 Å². The van der Waals surface area contributed by atoms with Gasteiger partial charge in [0.2, 0.25) is 5.91 Å². The number of piperidine rings is 1. The number of hydrogen-bond acceptors (Lipinski definition) is 4. The second kappa shape index (κ2) is 8.76. The predicted molar refractivity (Wildman–Crippen MR) is 112 cm³/mol. The highest BCUT2D eigenvalue weighted by atomic mass is 16.6. The van der Waals surface area contributed by atoms with E-state index in [4.69, 9.17) is 9.47 Å². The second-order valence-electron chi connectivity index (χ2n) is 8.58. The van der Waals surface area contributed by atoms with E-state index in [1.54, 1.807) is 7.11 Å². The molecule has 1 aromatic carbocycles. The molecule has 2 amide bonds.